The molecule has 0 amide bonds. The summed E-state index contributed by atoms with van der Waals surface area (Å²) in [5.74, 6) is 0.876. The summed E-state index contributed by atoms with van der Waals surface area (Å²) in [6.45, 7) is 1.86. The van der Waals surface area contributed by atoms with Crippen LogP contribution in [0, 0.1) is 5.82 Å². The van der Waals surface area contributed by atoms with Gasteiger partial charge >= 0.3 is 0 Å². The van der Waals surface area contributed by atoms with Gasteiger partial charge in [-0.3, -0.25) is 4.68 Å². The van der Waals surface area contributed by atoms with Gasteiger partial charge in [-0.15, -0.1) is 17.0 Å². The van der Waals surface area contributed by atoms with Crippen LogP contribution in [0.25, 0.3) is 22.0 Å². The quantitative estimate of drug-likeness (QED) is 0.364. The van der Waals surface area contributed by atoms with Crippen LogP contribution in [0.4, 0.5) is 15.9 Å². The van der Waals surface area contributed by atoms with Gasteiger partial charge in [-0.1, -0.05) is 11.6 Å². The van der Waals surface area contributed by atoms with E-state index in [1.54, 1.807) is 10.7 Å². The number of nitrogens with one attached hydrogen (secondary N) is 2. The largest absolute Gasteiger partial charge is 0.490 e. The van der Waals surface area contributed by atoms with Gasteiger partial charge in [0.15, 0.2) is 0 Å². The number of hydrogen-bond donors (Lipinski definition) is 2. The maximum atomic E-state index is 13.6. The zero-order valence-corrected chi connectivity index (χ0v) is 20.4. The van der Waals surface area contributed by atoms with Gasteiger partial charge < -0.3 is 15.4 Å². The van der Waals surface area contributed by atoms with Crippen molar-refractivity contribution in [2.45, 2.75) is 18.9 Å². The lowest BCUT2D eigenvalue weighted by Crippen LogP contribution is -2.34. The van der Waals surface area contributed by atoms with Gasteiger partial charge in [-0.2, -0.15) is 5.10 Å². The molecule has 172 valence electrons. The van der Waals surface area contributed by atoms with Crippen LogP contribution >= 0.6 is 28.6 Å². The number of ether oxygens (including phenoxy) is 1. The van der Waals surface area contributed by atoms with Crippen LogP contribution in [0.1, 0.15) is 12.8 Å². The molecule has 2 aromatic carbocycles. The fourth-order valence-electron chi connectivity index (χ4n) is 3.87. The molecule has 4 aromatic rings. The standard InChI is InChI=1S/C23H22ClFN6O.BrH/c1-31-12-14(11-29-31)17-9-21-18(10-22(17)32-16-4-6-26-7-5-16)23(28-13-27-21)30-15-2-3-20(25)19(24)8-15;/h2-3,8-13,16,26H,4-7H2,1H3,(H,27,28,30);1H. The molecule has 7 nitrogen and oxygen atoms in total. The first-order valence-electron chi connectivity index (χ1n) is 10.4. The predicted molar refractivity (Wildman–Crippen MR) is 133 cm³/mol. The summed E-state index contributed by atoms with van der Waals surface area (Å²) in [6.07, 6.45) is 7.27. The Morgan fingerprint density at radius 1 is 1.18 bits per heavy atom. The van der Waals surface area contributed by atoms with Crippen molar-refractivity contribution in [3.63, 3.8) is 0 Å². The van der Waals surface area contributed by atoms with E-state index in [4.69, 9.17) is 16.3 Å². The Bertz CT molecular complexity index is 1280. The zero-order valence-electron chi connectivity index (χ0n) is 17.9. The van der Waals surface area contributed by atoms with Crippen LogP contribution in [0.3, 0.4) is 0 Å². The molecule has 1 aliphatic rings. The van der Waals surface area contributed by atoms with E-state index in [0.29, 0.717) is 11.5 Å². The number of rotatable bonds is 5. The smallest absolute Gasteiger partial charge is 0.141 e. The number of anilines is 2. The van der Waals surface area contributed by atoms with E-state index in [9.17, 15) is 4.39 Å². The number of fused-ring (bicyclic) bond motifs is 1. The Kier molecular flexibility index (Phi) is 7.11. The highest BCUT2D eigenvalue weighted by Crippen LogP contribution is 2.37. The highest BCUT2D eigenvalue weighted by atomic mass is 79.9. The molecule has 2 aromatic heterocycles. The Hall–Kier alpha value is -2.75. The molecule has 0 atom stereocenters. The molecule has 0 unspecified atom stereocenters. The molecular weight excluding hydrogens is 511 g/mol. The number of nitrogens with zero attached hydrogens (tertiary/aromatic N) is 4. The fourth-order valence-corrected chi connectivity index (χ4v) is 4.05. The van der Waals surface area contributed by atoms with Crippen LogP contribution in [0.2, 0.25) is 5.02 Å². The molecule has 1 aliphatic heterocycles. The molecule has 0 saturated carbocycles. The van der Waals surface area contributed by atoms with E-state index in [2.05, 4.69) is 25.7 Å². The summed E-state index contributed by atoms with van der Waals surface area (Å²) < 4.78 is 21.8. The van der Waals surface area contributed by atoms with Crippen LogP contribution < -0.4 is 15.4 Å². The van der Waals surface area contributed by atoms with Crippen molar-refractivity contribution >= 4 is 51.0 Å². The molecule has 33 heavy (non-hydrogen) atoms. The number of hydrogen-bond acceptors (Lipinski definition) is 6. The Balaban J connectivity index is 0.00000259. The number of aromatic nitrogens is 4. The minimum atomic E-state index is -0.469. The van der Waals surface area contributed by atoms with E-state index in [0.717, 1.165) is 53.7 Å². The second-order valence-electron chi connectivity index (χ2n) is 7.81. The van der Waals surface area contributed by atoms with Crippen molar-refractivity contribution < 1.29 is 9.13 Å². The first-order valence-corrected chi connectivity index (χ1v) is 10.8. The first kappa shape index (κ1) is 23.4. The Morgan fingerprint density at radius 2 is 2.00 bits per heavy atom. The highest BCUT2D eigenvalue weighted by Gasteiger charge is 2.19. The van der Waals surface area contributed by atoms with Crippen molar-refractivity contribution in [3.8, 4) is 16.9 Å². The minimum absolute atomic E-state index is 0. The lowest BCUT2D eigenvalue weighted by atomic mass is 10.0. The van der Waals surface area contributed by atoms with E-state index in [1.807, 2.05) is 31.6 Å². The van der Waals surface area contributed by atoms with Crippen molar-refractivity contribution in [3.05, 3.63) is 59.9 Å². The third-order valence-corrected chi connectivity index (χ3v) is 5.80. The summed E-state index contributed by atoms with van der Waals surface area (Å²) in [7, 11) is 1.88. The van der Waals surface area contributed by atoms with Crippen LogP contribution in [0.5, 0.6) is 5.75 Å². The fraction of sp³-hybridized carbons (Fsp3) is 0.261. The van der Waals surface area contributed by atoms with Crippen molar-refractivity contribution in [1.82, 2.24) is 25.1 Å². The summed E-state index contributed by atoms with van der Waals surface area (Å²) in [4.78, 5) is 8.87. The Morgan fingerprint density at radius 3 is 2.73 bits per heavy atom. The van der Waals surface area contributed by atoms with Crippen LogP contribution in [-0.4, -0.2) is 38.9 Å². The minimum Gasteiger partial charge on any atom is -0.490 e. The molecule has 0 spiro atoms. The first-order chi connectivity index (χ1) is 15.6. The van der Waals surface area contributed by atoms with Crippen LogP contribution in [-0.2, 0) is 7.05 Å². The third-order valence-electron chi connectivity index (χ3n) is 5.51. The van der Waals surface area contributed by atoms with E-state index >= 15 is 0 Å². The van der Waals surface area contributed by atoms with Crippen molar-refractivity contribution in [2.24, 2.45) is 7.05 Å². The molecule has 2 N–H and O–H groups in total. The molecule has 3 heterocycles. The second kappa shape index (κ2) is 10.0. The van der Waals surface area contributed by atoms with Gasteiger partial charge in [0.25, 0.3) is 0 Å². The van der Waals surface area contributed by atoms with Gasteiger partial charge in [0.2, 0.25) is 0 Å². The molecule has 1 saturated heterocycles. The number of aryl methyl sites for hydroxylation is 1. The maximum Gasteiger partial charge on any atom is 0.141 e. The third kappa shape index (κ3) is 5.10. The average Bonchev–Trinajstić information content (AvgIpc) is 3.23. The molecule has 1 fully saturated rings. The van der Waals surface area contributed by atoms with Crippen molar-refractivity contribution in [1.29, 1.82) is 0 Å². The average molecular weight is 534 g/mol. The van der Waals surface area contributed by atoms with Gasteiger partial charge in [0.05, 0.1) is 16.7 Å². The number of halogens is 3. The van der Waals surface area contributed by atoms with Gasteiger partial charge in [-0.25, -0.2) is 14.4 Å². The molecule has 0 aliphatic carbocycles. The van der Waals surface area contributed by atoms with Gasteiger partial charge in [0, 0.05) is 35.4 Å². The van der Waals surface area contributed by atoms with E-state index < -0.39 is 5.82 Å². The summed E-state index contributed by atoms with van der Waals surface area (Å²) in [5, 5.41) is 11.7. The normalized spacial score (nSPS) is 14.2. The molecule has 10 heteroatoms. The molecular formula is C23H23BrClFN6O. The summed E-state index contributed by atoms with van der Waals surface area (Å²) >= 11 is 5.94. The zero-order chi connectivity index (χ0) is 22.1. The maximum absolute atomic E-state index is 13.6. The summed E-state index contributed by atoms with van der Waals surface area (Å²) in [5.41, 5.74) is 3.27. The topological polar surface area (TPSA) is 76.9 Å². The molecule has 0 radical (unpaired) electrons. The van der Waals surface area contributed by atoms with Gasteiger partial charge in [-0.05, 0) is 56.3 Å². The van der Waals surface area contributed by atoms with Crippen LogP contribution in [0.15, 0.2) is 49.1 Å². The lowest BCUT2D eigenvalue weighted by molar-refractivity contribution is 0.163. The number of piperidine rings is 1. The van der Waals surface area contributed by atoms with E-state index in [-0.39, 0.29) is 28.1 Å². The summed E-state index contributed by atoms with van der Waals surface area (Å²) in [6, 6.07) is 8.42. The van der Waals surface area contributed by atoms with Crippen molar-refractivity contribution in [2.75, 3.05) is 18.4 Å². The lowest BCUT2D eigenvalue weighted by Gasteiger charge is -2.25. The number of benzene rings is 2. The highest BCUT2D eigenvalue weighted by molar-refractivity contribution is 8.93. The predicted octanol–water partition coefficient (Wildman–Crippen LogP) is 5.28. The molecule has 5 rings (SSSR count). The Labute approximate surface area is 206 Å². The SMILES string of the molecule is Br.Cn1cc(-c2cc3ncnc(Nc4ccc(F)c(Cl)c4)c3cc2OC2CCNCC2)cn1. The van der Waals surface area contributed by atoms with Gasteiger partial charge in [0.1, 0.15) is 29.8 Å². The van der Waals surface area contributed by atoms with E-state index in [1.165, 1.54) is 18.5 Å². The second-order valence-corrected chi connectivity index (χ2v) is 8.22. The molecule has 0 bridgehead atoms. The monoisotopic (exact) mass is 532 g/mol.